The van der Waals surface area contributed by atoms with Gasteiger partial charge in [-0.15, -0.1) is 0 Å². The molecule has 0 bridgehead atoms. The highest BCUT2D eigenvalue weighted by molar-refractivity contribution is 6.30. The van der Waals surface area contributed by atoms with Crippen molar-refractivity contribution in [1.29, 1.82) is 0 Å². The number of oxazole rings is 1. The van der Waals surface area contributed by atoms with Crippen LogP contribution < -0.4 is 5.32 Å². The quantitative estimate of drug-likeness (QED) is 0.479. The average Bonchev–Trinajstić information content (AvgIpc) is 3.35. The average molecular weight is 426 g/mol. The predicted octanol–water partition coefficient (Wildman–Crippen LogP) is 3.40. The molecule has 0 unspecified atom stereocenters. The third kappa shape index (κ3) is 4.33. The maximum absolute atomic E-state index is 12.3. The fraction of sp³-hybridized carbons (Fsp3) is 0.143. The maximum atomic E-state index is 12.3. The van der Waals surface area contributed by atoms with Crippen LogP contribution in [0.2, 0.25) is 5.02 Å². The van der Waals surface area contributed by atoms with Gasteiger partial charge in [0.05, 0.1) is 24.8 Å². The fourth-order valence-corrected chi connectivity index (χ4v) is 3.01. The zero-order chi connectivity index (χ0) is 21.1. The molecule has 2 aromatic carbocycles. The van der Waals surface area contributed by atoms with Gasteiger partial charge in [-0.3, -0.25) is 9.69 Å². The van der Waals surface area contributed by atoms with E-state index in [-0.39, 0.29) is 31.5 Å². The highest BCUT2D eigenvalue weighted by Crippen LogP contribution is 2.22. The summed E-state index contributed by atoms with van der Waals surface area (Å²) in [5.74, 6) is -0.0127. The Balaban J connectivity index is 1.33. The molecule has 9 heteroatoms. The van der Waals surface area contributed by atoms with Crippen molar-refractivity contribution in [2.75, 3.05) is 6.54 Å². The van der Waals surface area contributed by atoms with E-state index in [1.165, 1.54) is 0 Å². The Bertz CT molecular complexity index is 1080. The standard InChI is InChI=1S/C21H16ClN3O5/c22-16-7-5-14(6-8-16)17-9-23-18(30-17)12-29-20(27)15-3-1-13(2-4-15)11-25-19(26)10-24-21(25)28/h1-9H,10-12H2,(H,24,28). The van der Waals surface area contributed by atoms with Gasteiger partial charge in [-0.2, -0.15) is 0 Å². The number of esters is 1. The molecule has 1 fully saturated rings. The Morgan fingerprint density at radius 2 is 1.87 bits per heavy atom. The summed E-state index contributed by atoms with van der Waals surface area (Å²) in [5.41, 5.74) is 1.86. The molecule has 0 spiro atoms. The van der Waals surface area contributed by atoms with Crippen LogP contribution in [-0.4, -0.2) is 34.3 Å². The van der Waals surface area contributed by atoms with Crippen LogP contribution >= 0.6 is 11.6 Å². The summed E-state index contributed by atoms with van der Waals surface area (Å²) in [7, 11) is 0. The molecule has 1 aromatic heterocycles. The third-order valence-corrected chi connectivity index (χ3v) is 4.73. The number of carbonyl (C=O) groups is 3. The van der Waals surface area contributed by atoms with Crippen LogP contribution in [0.5, 0.6) is 0 Å². The summed E-state index contributed by atoms with van der Waals surface area (Å²) >= 11 is 5.87. The van der Waals surface area contributed by atoms with Gasteiger partial charge in [0.15, 0.2) is 12.4 Å². The number of carbonyl (C=O) groups excluding carboxylic acids is 3. The van der Waals surface area contributed by atoms with E-state index in [1.54, 1.807) is 54.7 Å². The molecule has 1 N–H and O–H groups in total. The molecule has 1 aliphatic rings. The van der Waals surface area contributed by atoms with E-state index in [4.69, 9.17) is 20.8 Å². The van der Waals surface area contributed by atoms with Gasteiger partial charge in [-0.1, -0.05) is 23.7 Å². The highest BCUT2D eigenvalue weighted by Gasteiger charge is 2.28. The molecule has 30 heavy (non-hydrogen) atoms. The second-order valence-electron chi connectivity index (χ2n) is 6.54. The molecule has 152 valence electrons. The summed E-state index contributed by atoms with van der Waals surface area (Å²) in [6.45, 7) is 0.0319. The monoisotopic (exact) mass is 425 g/mol. The number of amides is 3. The van der Waals surface area contributed by atoms with Gasteiger partial charge < -0.3 is 14.5 Å². The lowest BCUT2D eigenvalue weighted by Crippen LogP contribution is -2.30. The van der Waals surface area contributed by atoms with Gasteiger partial charge in [0, 0.05) is 10.6 Å². The van der Waals surface area contributed by atoms with E-state index >= 15 is 0 Å². The molecule has 1 aliphatic heterocycles. The summed E-state index contributed by atoms with van der Waals surface area (Å²) in [6, 6.07) is 13.2. The summed E-state index contributed by atoms with van der Waals surface area (Å²) in [5, 5.41) is 3.08. The first-order valence-electron chi connectivity index (χ1n) is 9.04. The van der Waals surface area contributed by atoms with Crippen LogP contribution in [-0.2, 0) is 22.7 Å². The number of hydrogen-bond donors (Lipinski definition) is 1. The second kappa shape index (κ2) is 8.38. The molecule has 0 radical (unpaired) electrons. The lowest BCUT2D eigenvalue weighted by Gasteiger charge is -2.12. The highest BCUT2D eigenvalue weighted by atomic mass is 35.5. The van der Waals surface area contributed by atoms with Crippen molar-refractivity contribution >= 4 is 29.5 Å². The molecule has 3 amide bonds. The van der Waals surface area contributed by atoms with E-state index in [1.807, 2.05) is 0 Å². The molecule has 0 aliphatic carbocycles. The topological polar surface area (TPSA) is 102 Å². The molecule has 0 atom stereocenters. The van der Waals surface area contributed by atoms with Crippen LogP contribution in [0.3, 0.4) is 0 Å². The third-order valence-electron chi connectivity index (χ3n) is 4.48. The van der Waals surface area contributed by atoms with Crippen LogP contribution in [0.25, 0.3) is 11.3 Å². The van der Waals surface area contributed by atoms with Crippen molar-refractivity contribution in [2.24, 2.45) is 0 Å². The smallest absolute Gasteiger partial charge is 0.338 e. The molecule has 2 heterocycles. The number of urea groups is 1. The van der Waals surface area contributed by atoms with Crippen LogP contribution in [0, 0.1) is 0 Å². The van der Waals surface area contributed by atoms with Gasteiger partial charge in [-0.05, 0) is 42.0 Å². The number of halogens is 1. The number of rotatable bonds is 6. The van der Waals surface area contributed by atoms with Crippen LogP contribution in [0.15, 0.2) is 59.1 Å². The number of ether oxygens (including phenoxy) is 1. The van der Waals surface area contributed by atoms with Crippen molar-refractivity contribution in [3.63, 3.8) is 0 Å². The molecule has 0 saturated carbocycles. The largest absolute Gasteiger partial charge is 0.452 e. The second-order valence-corrected chi connectivity index (χ2v) is 6.97. The van der Waals surface area contributed by atoms with E-state index in [9.17, 15) is 14.4 Å². The summed E-state index contributed by atoms with van der Waals surface area (Å²) in [6.07, 6.45) is 1.55. The summed E-state index contributed by atoms with van der Waals surface area (Å²) < 4.78 is 10.8. The summed E-state index contributed by atoms with van der Waals surface area (Å²) in [4.78, 5) is 40.7. The van der Waals surface area contributed by atoms with E-state index < -0.39 is 12.0 Å². The van der Waals surface area contributed by atoms with E-state index in [2.05, 4.69) is 10.3 Å². The Hall–Kier alpha value is -3.65. The lowest BCUT2D eigenvalue weighted by molar-refractivity contribution is -0.125. The van der Waals surface area contributed by atoms with E-state index in [0.717, 1.165) is 16.0 Å². The molecule has 8 nitrogen and oxygen atoms in total. The number of nitrogens with one attached hydrogen (secondary N) is 1. The minimum absolute atomic E-state index is 0.00376. The predicted molar refractivity (Wildman–Crippen MR) is 106 cm³/mol. The minimum Gasteiger partial charge on any atom is -0.452 e. The molecular formula is C21H16ClN3O5. The van der Waals surface area contributed by atoms with Gasteiger partial charge in [-0.25, -0.2) is 14.6 Å². The lowest BCUT2D eigenvalue weighted by atomic mass is 10.1. The fourth-order valence-electron chi connectivity index (χ4n) is 2.88. The van der Waals surface area contributed by atoms with Crippen molar-refractivity contribution in [1.82, 2.24) is 15.2 Å². The zero-order valence-electron chi connectivity index (χ0n) is 15.6. The van der Waals surface area contributed by atoms with Crippen molar-refractivity contribution in [3.05, 3.63) is 76.8 Å². The van der Waals surface area contributed by atoms with Gasteiger partial charge in [0.1, 0.15) is 0 Å². The first-order valence-corrected chi connectivity index (χ1v) is 9.42. The molecular weight excluding hydrogens is 410 g/mol. The molecule has 4 rings (SSSR count). The van der Waals surface area contributed by atoms with Crippen LogP contribution in [0.1, 0.15) is 21.8 Å². The number of imide groups is 1. The van der Waals surface area contributed by atoms with Crippen molar-refractivity contribution in [2.45, 2.75) is 13.2 Å². The Labute approximate surface area is 176 Å². The SMILES string of the molecule is O=C(OCc1ncc(-c2ccc(Cl)cc2)o1)c1ccc(CN2C(=O)CNC2=O)cc1. The van der Waals surface area contributed by atoms with Gasteiger partial charge in [0.2, 0.25) is 11.8 Å². The number of hydrogen-bond acceptors (Lipinski definition) is 6. The number of benzene rings is 2. The van der Waals surface area contributed by atoms with Gasteiger partial charge >= 0.3 is 12.0 Å². The van der Waals surface area contributed by atoms with Crippen molar-refractivity contribution < 1.29 is 23.5 Å². The van der Waals surface area contributed by atoms with E-state index in [0.29, 0.717) is 16.3 Å². The Morgan fingerprint density at radius 3 is 2.53 bits per heavy atom. The normalized spacial score (nSPS) is 13.4. The first-order chi connectivity index (χ1) is 14.5. The molecule has 3 aromatic rings. The number of aromatic nitrogens is 1. The minimum atomic E-state index is -0.539. The molecule has 1 saturated heterocycles. The van der Waals surface area contributed by atoms with Crippen LogP contribution in [0.4, 0.5) is 4.79 Å². The van der Waals surface area contributed by atoms with Crippen molar-refractivity contribution in [3.8, 4) is 11.3 Å². The maximum Gasteiger partial charge on any atom is 0.338 e. The number of nitrogens with zero attached hydrogens (tertiary/aromatic N) is 2. The zero-order valence-corrected chi connectivity index (χ0v) is 16.4. The van der Waals surface area contributed by atoms with Gasteiger partial charge in [0.25, 0.3) is 0 Å². The first kappa shape index (κ1) is 19.7. The Kier molecular flexibility index (Phi) is 5.49. The Morgan fingerprint density at radius 1 is 1.13 bits per heavy atom.